The van der Waals surface area contributed by atoms with E-state index in [-0.39, 0.29) is 18.2 Å². The van der Waals surface area contributed by atoms with Crippen LogP contribution in [0.1, 0.15) is 18.4 Å². The maximum Gasteiger partial charge on any atom is 0.133 e. The van der Waals surface area contributed by atoms with Crippen LogP contribution in [0.25, 0.3) is 0 Å². The minimum absolute atomic E-state index is 0.0677. The smallest absolute Gasteiger partial charge is 0.133 e. The van der Waals surface area contributed by atoms with Gasteiger partial charge in [0.2, 0.25) is 0 Å². The van der Waals surface area contributed by atoms with Crippen molar-refractivity contribution in [3.63, 3.8) is 0 Å². The van der Waals surface area contributed by atoms with E-state index in [1.54, 1.807) is 0 Å². The Labute approximate surface area is 98.2 Å². The molecule has 0 atom stereocenters. The number of benzene rings is 1. The molecule has 0 saturated carbocycles. The van der Waals surface area contributed by atoms with Crippen LogP contribution in [0.15, 0.2) is 12.1 Å². The number of hydrogen-bond donors (Lipinski definition) is 1. The van der Waals surface area contributed by atoms with Crippen molar-refractivity contribution in [2.45, 2.75) is 25.4 Å². The van der Waals surface area contributed by atoms with Gasteiger partial charge >= 0.3 is 0 Å². The van der Waals surface area contributed by atoms with Crippen molar-refractivity contribution in [2.24, 2.45) is 5.73 Å². The van der Waals surface area contributed by atoms with Crippen LogP contribution < -0.4 is 5.73 Å². The quantitative estimate of drug-likeness (QED) is 0.862. The SMILES string of the molecule is NC1CCN(Cc2c(F)cc(F)cc2F)CC1. The number of nitrogens with two attached hydrogens (primary N) is 1. The van der Waals surface area contributed by atoms with Crippen molar-refractivity contribution in [2.75, 3.05) is 13.1 Å². The molecular weight excluding hydrogens is 229 g/mol. The lowest BCUT2D eigenvalue weighted by Crippen LogP contribution is -2.39. The molecule has 0 bridgehead atoms. The van der Waals surface area contributed by atoms with Crippen molar-refractivity contribution in [3.05, 3.63) is 35.1 Å². The molecule has 1 fully saturated rings. The van der Waals surface area contributed by atoms with E-state index in [1.807, 2.05) is 4.90 Å². The Morgan fingerprint density at radius 1 is 1.12 bits per heavy atom. The number of halogens is 3. The minimum Gasteiger partial charge on any atom is -0.328 e. The van der Waals surface area contributed by atoms with Crippen LogP contribution >= 0.6 is 0 Å². The predicted molar refractivity (Wildman–Crippen MR) is 58.8 cm³/mol. The summed E-state index contributed by atoms with van der Waals surface area (Å²) in [6, 6.07) is 1.61. The first-order valence-corrected chi connectivity index (χ1v) is 5.67. The van der Waals surface area contributed by atoms with E-state index in [0.717, 1.165) is 25.9 Å². The number of piperidine rings is 1. The van der Waals surface area contributed by atoms with Gasteiger partial charge in [-0.05, 0) is 25.9 Å². The van der Waals surface area contributed by atoms with E-state index >= 15 is 0 Å². The first-order valence-electron chi connectivity index (χ1n) is 5.67. The number of hydrogen-bond acceptors (Lipinski definition) is 2. The lowest BCUT2D eigenvalue weighted by Gasteiger charge is -2.30. The van der Waals surface area contributed by atoms with Crippen LogP contribution in [0.5, 0.6) is 0 Å². The third-order valence-electron chi connectivity index (χ3n) is 3.12. The topological polar surface area (TPSA) is 29.3 Å². The third kappa shape index (κ3) is 2.98. The van der Waals surface area contributed by atoms with Crippen LogP contribution in [-0.2, 0) is 6.54 Å². The average Bonchev–Trinajstić information content (AvgIpc) is 2.26. The van der Waals surface area contributed by atoms with E-state index in [4.69, 9.17) is 5.73 Å². The molecule has 1 heterocycles. The van der Waals surface area contributed by atoms with Gasteiger partial charge in [-0.15, -0.1) is 0 Å². The fourth-order valence-electron chi connectivity index (χ4n) is 2.06. The van der Waals surface area contributed by atoms with Gasteiger partial charge in [0.15, 0.2) is 0 Å². The molecule has 0 spiro atoms. The van der Waals surface area contributed by atoms with Gasteiger partial charge < -0.3 is 5.73 Å². The molecule has 1 saturated heterocycles. The second-order valence-corrected chi connectivity index (χ2v) is 4.46. The van der Waals surface area contributed by atoms with Gasteiger partial charge in [-0.1, -0.05) is 0 Å². The van der Waals surface area contributed by atoms with Crippen molar-refractivity contribution >= 4 is 0 Å². The molecule has 17 heavy (non-hydrogen) atoms. The van der Waals surface area contributed by atoms with E-state index in [0.29, 0.717) is 12.1 Å². The molecule has 1 aliphatic rings. The molecule has 2 nitrogen and oxygen atoms in total. The summed E-state index contributed by atoms with van der Waals surface area (Å²) in [5.41, 5.74) is 5.68. The van der Waals surface area contributed by atoms with Crippen molar-refractivity contribution in [1.82, 2.24) is 4.90 Å². The Morgan fingerprint density at radius 2 is 1.65 bits per heavy atom. The molecule has 94 valence electrons. The van der Waals surface area contributed by atoms with Crippen LogP contribution in [0.3, 0.4) is 0 Å². The zero-order chi connectivity index (χ0) is 12.4. The second-order valence-electron chi connectivity index (χ2n) is 4.46. The summed E-state index contributed by atoms with van der Waals surface area (Å²) in [5, 5.41) is 0. The van der Waals surface area contributed by atoms with Gasteiger partial charge in [-0.3, -0.25) is 4.90 Å². The summed E-state index contributed by atoms with van der Waals surface area (Å²) in [5.74, 6) is -2.53. The highest BCUT2D eigenvalue weighted by molar-refractivity contribution is 5.20. The summed E-state index contributed by atoms with van der Waals surface area (Å²) < 4.78 is 39.6. The van der Waals surface area contributed by atoms with Gasteiger partial charge in [0.1, 0.15) is 17.5 Å². The zero-order valence-corrected chi connectivity index (χ0v) is 9.43. The van der Waals surface area contributed by atoms with Crippen LogP contribution in [0.2, 0.25) is 0 Å². The fraction of sp³-hybridized carbons (Fsp3) is 0.500. The first-order chi connectivity index (χ1) is 8.06. The van der Waals surface area contributed by atoms with Crippen LogP contribution in [0.4, 0.5) is 13.2 Å². The molecule has 1 aliphatic heterocycles. The monoisotopic (exact) mass is 244 g/mol. The highest BCUT2D eigenvalue weighted by Crippen LogP contribution is 2.19. The van der Waals surface area contributed by atoms with Gasteiger partial charge in [0.25, 0.3) is 0 Å². The summed E-state index contributed by atoms with van der Waals surface area (Å²) in [7, 11) is 0. The predicted octanol–water partition coefficient (Wildman–Crippen LogP) is 2.03. The van der Waals surface area contributed by atoms with E-state index in [2.05, 4.69) is 0 Å². The third-order valence-corrected chi connectivity index (χ3v) is 3.12. The van der Waals surface area contributed by atoms with Gasteiger partial charge in [-0.25, -0.2) is 13.2 Å². The maximum absolute atomic E-state index is 13.4. The summed E-state index contributed by atoms with van der Waals surface area (Å²) in [6.45, 7) is 1.61. The molecule has 0 unspecified atom stereocenters. The normalized spacial score (nSPS) is 18.6. The van der Waals surface area contributed by atoms with E-state index in [9.17, 15) is 13.2 Å². The summed E-state index contributed by atoms with van der Waals surface area (Å²) in [6.07, 6.45) is 1.65. The molecule has 1 aromatic rings. The lowest BCUT2D eigenvalue weighted by atomic mass is 10.0. The largest absolute Gasteiger partial charge is 0.328 e. The lowest BCUT2D eigenvalue weighted by molar-refractivity contribution is 0.200. The van der Waals surface area contributed by atoms with Gasteiger partial charge in [0.05, 0.1) is 0 Å². The standard InChI is InChI=1S/C12H15F3N2/c13-8-5-11(14)10(12(15)6-8)7-17-3-1-9(16)2-4-17/h5-6,9H,1-4,7,16H2. The van der Waals surface area contributed by atoms with Crippen LogP contribution in [-0.4, -0.2) is 24.0 Å². The number of nitrogens with zero attached hydrogens (tertiary/aromatic N) is 1. The minimum atomic E-state index is -0.885. The first kappa shape index (κ1) is 12.4. The van der Waals surface area contributed by atoms with E-state index < -0.39 is 17.5 Å². The molecule has 0 radical (unpaired) electrons. The number of likely N-dealkylation sites (tertiary alicyclic amines) is 1. The Hall–Kier alpha value is -1.07. The Bertz CT molecular complexity index is 378. The summed E-state index contributed by atoms with van der Waals surface area (Å²) in [4.78, 5) is 1.93. The van der Waals surface area contributed by atoms with Gasteiger partial charge in [-0.2, -0.15) is 0 Å². The van der Waals surface area contributed by atoms with Crippen molar-refractivity contribution in [1.29, 1.82) is 0 Å². The molecule has 0 aliphatic carbocycles. The molecule has 5 heteroatoms. The number of rotatable bonds is 2. The Morgan fingerprint density at radius 3 is 2.18 bits per heavy atom. The molecular formula is C12H15F3N2. The van der Waals surface area contributed by atoms with Crippen molar-refractivity contribution in [3.8, 4) is 0 Å². The zero-order valence-electron chi connectivity index (χ0n) is 9.43. The second kappa shape index (κ2) is 5.06. The molecule has 2 rings (SSSR count). The molecule has 1 aromatic carbocycles. The Kier molecular flexibility index (Phi) is 3.69. The molecule has 2 N–H and O–H groups in total. The molecule has 0 amide bonds. The maximum atomic E-state index is 13.4. The van der Waals surface area contributed by atoms with Crippen LogP contribution in [0, 0.1) is 17.5 Å². The van der Waals surface area contributed by atoms with E-state index in [1.165, 1.54) is 0 Å². The highest BCUT2D eigenvalue weighted by Gasteiger charge is 2.19. The molecule has 0 aromatic heterocycles. The van der Waals surface area contributed by atoms with Crippen molar-refractivity contribution < 1.29 is 13.2 Å². The summed E-state index contributed by atoms with van der Waals surface area (Å²) >= 11 is 0. The average molecular weight is 244 g/mol. The Balaban J connectivity index is 2.08. The highest BCUT2D eigenvalue weighted by atomic mass is 19.1. The van der Waals surface area contributed by atoms with Gasteiger partial charge in [0, 0.05) is 30.3 Å². The fourth-order valence-corrected chi connectivity index (χ4v) is 2.06.